The molecule has 0 radical (unpaired) electrons. The lowest BCUT2D eigenvalue weighted by atomic mass is 10.1. The summed E-state index contributed by atoms with van der Waals surface area (Å²) in [4.78, 5) is 42.0. The van der Waals surface area contributed by atoms with Gasteiger partial charge in [0.15, 0.2) is 5.17 Å². The van der Waals surface area contributed by atoms with E-state index in [1.165, 1.54) is 30.3 Å². The summed E-state index contributed by atoms with van der Waals surface area (Å²) < 4.78 is 5.23. The van der Waals surface area contributed by atoms with E-state index in [-0.39, 0.29) is 29.5 Å². The maximum atomic E-state index is 13.6. The number of thioether (sulfide) groups is 1. The van der Waals surface area contributed by atoms with Gasteiger partial charge in [-0.3, -0.25) is 19.7 Å². The normalized spacial score (nSPS) is 16.4. The van der Waals surface area contributed by atoms with Crippen LogP contribution in [0.15, 0.2) is 70.8 Å². The number of nitrogens with one attached hydrogen (secondary N) is 1. The number of non-ortho nitro benzene ring substituents is 1. The Morgan fingerprint density at radius 1 is 1.12 bits per heavy atom. The zero-order valence-electron chi connectivity index (χ0n) is 22.8. The number of aliphatic imine (C=N–C) groups is 1. The fourth-order valence-electron chi connectivity index (χ4n) is 3.99. The second kappa shape index (κ2) is 12.1. The van der Waals surface area contributed by atoms with Crippen molar-refractivity contribution in [3.63, 3.8) is 0 Å². The number of methoxy groups -OCH3 is 1. The lowest BCUT2D eigenvalue weighted by Gasteiger charge is -2.13. The molecule has 0 aromatic heterocycles. The molecule has 10 nitrogen and oxygen atoms in total. The van der Waals surface area contributed by atoms with Crippen LogP contribution >= 0.6 is 11.8 Å². The summed E-state index contributed by atoms with van der Waals surface area (Å²) in [5, 5.41) is 19.3. The highest BCUT2D eigenvalue weighted by molar-refractivity contribution is 8.15. The van der Waals surface area contributed by atoms with Crippen molar-refractivity contribution in [3.05, 3.63) is 93.0 Å². The Balaban J connectivity index is 1.63. The molecule has 0 aliphatic carbocycles. The third kappa shape index (κ3) is 6.37. The quantitative estimate of drug-likeness (QED) is 0.208. The van der Waals surface area contributed by atoms with Crippen LogP contribution < -0.4 is 10.1 Å². The van der Waals surface area contributed by atoms with Gasteiger partial charge in [-0.15, -0.1) is 0 Å². The Labute approximate surface area is 236 Å². The van der Waals surface area contributed by atoms with Crippen molar-refractivity contribution in [1.82, 2.24) is 5.01 Å². The van der Waals surface area contributed by atoms with E-state index < -0.39 is 16.1 Å². The number of rotatable bonds is 8. The molecule has 1 N–H and O–H groups in total. The maximum Gasteiger partial charge on any atom is 0.271 e. The summed E-state index contributed by atoms with van der Waals surface area (Å²) in [7, 11) is 1.40. The number of benzene rings is 3. The van der Waals surface area contributed by atoms with Crippen LogP contribution in [0.25, 0.3) is 0 Å². The monoisotopic (exact) mass is 559 g/mol. The van der Waals surface area contributed by atoms with Gasteiger partial charge >= 0.3 is 0 Å². The van der Waals surface area contributed by atoms with Crippen molar-refractivity contribution < 1.29 is 19.2 Å². The molecule has 0 bridgehead atoms. The number of hydrogen-bond donors (Lipinski definition) is 1. The number of carbonyl (C=O) groups excluding carboxylic acids is 2. The molecule has 206 valence electrons. The van der Waals surface area contributed by atoms with E-state index in [1.807, 2.05) is 70.2 Å². The molecule has 1 aliphatic rings. The number of nitro groups is 1. The predicted octanol–water partition coefficient (Wildman–Crippen LogP) is 5.91. The summed E-state index contributed by atoms with van der Waals surface area (Å²) in [6, 6.07) is 17.4. The van der Waals surface area contributed by atoms with Gasteiger partial charge in [-0.05, 0) is 56.5 Å². The molecule has 1 aliphatic heterocycles. The summed E-state index contributed by atoms with van der Waals surface area (Å²) in [6.07, 6.45) is -0.198. The summed E-state index contributed by atoms with van der Waals surface area (Å²) in [5.41, 5.74) is 5.26. The number of nitro benzene ring substituents is 1. The van der Waals surface area contributed by atoms with Crippen molar-refractivity contribution in [2.75, 3.05) is 12.4 Å². The average Bonchev–Trinajstić information content (AvgIpc) is 3.20. The maximum absolute atomic E-state index is 13.6. The Hall–Kier alpha value is -4.51. The van der Waals surface area contributed by atoms with Crippen molar-refractivity contribution in [3.8, 4) is 5.75 Å². The molecule has 1 heterocycles. The van der Waals surface area contributed by atoms with Crippen LogP contribution in [0.3, 0.4) is 0 Å². The van der Waals surface area contributed by atoms with Crippen LogP contribution in [0.4, 0.5) is 17.1 Å². The lowest BCUT2D eigenvalue weighted by molar-refractivity contribution is -0.384. The number of ether oxygens (including phenoxy) is 1. The van der Waals surface area contributed by atoms with E-state index in [0.717, 1.165) is 34.0 Å². The van der Waals surface area contributed by atoms with Gasteiger partial charge < -0.3 is 10.1 Å². The fraction of sp³-hybridized carbons (Fsp3) is 0.241. The zero-order valence-corrected chi connectivity index (χ0v) is 23.6. The van der Waals surface area contributed by atoms with Gasteiger partial charge in [-0.25, -0.2) is 4.99 Å². The Morgan fingerprint density at radius 2 is 1.85 bits per heavy atom. The number of nitrogens with zero attached hydrogens (tertiary/aromatic N) is 4. The van der Waals surface area contributed by atoms with Gasteiger partial charge in [0.2, 0.25) is 5.91 Å². The predicted molar refractivity (Wildman–Crippen MR) is 158 cm³/mol. The van der Waals surface area contributed by atoms with Gasteiger partial charge in [-0.2, -0.15) is 10.1 Å². The number of hydrogen-bond acceptors (Lipinski definition) is 8. The van der Waals surface area contributed by atoms with Crippen LogP contribution in [0, 0.1) is 30.9 Å². The first kappa shape index (κ1) is 28.5. The van der Waals surface area contributed by atoms with Crippen LogP contribution in [0.1, 0.15) is 35.6 Å². The van der Waals surface area contributed by atoms with E-state index in [2.05, 4.69) is 10.4 Å². The third-order valence-electron chi connectivity index (χ3n) is 6.46. The highest BCUT2D eigenvalue weighted by atomic mass is 32.2. The first-order valence-electron chi connectivity index (χ1n) is 12.5. The number of hydrazone groups is 1. The van der Waals surface area contributed by atoms with Gasteiger partial charge in [0.25, 0.3) is 11.6 Å². The van der Waals surface area contributed by atoms with E-state index >= 15 is 0 Å². The van der Waals surface area contributed by atoms with Gasteiger partial charge in [0.1, 0.15) is 11.0 Å². The van der Waals surface area contributed by atoms with E-state index in [1.54, 1.807) is 0 Å². The molecule has 0 unspecified atom stereocenters. The molecule has 2 amide bonds. The van der Waals surface area contributed by atoms with Crippen molar-refractivity contribution in [2.45, 2.75) is 39.4 Å². The van der Waals surface area contributed by atoms with Crippen LogP contribution in [0.2, 0.25) is 0 Å². The molecule has 4 rings (SSSR count). The number of aryl methyl sites for hydroxylation is 2. The number of carbonyl (C=O) groups is 2. The molecular formula is C29H29N5O5S. The zero-order chi connectivity index (χ0) is 29.0. The minimum Gasteiger partial charge on any atom is -0.495 e. The summed E-state index contributed by atoms with van der Waals surface area (Å²) in [5.74, 6) is -0.625. The standard InChI is InChI=1S/C29H29N5O5S/c1-17-9-11-21(12-10-17)20(4)32-33-28(36)26(40-29(33)31-23-8-6-7-18(2)19(23)3)16-27(35)30-24-15-22(34(37)38)13-14-25(24)39-5/h6-15,26H,16H2,1-5H3,(H,30,35)/b31-29?,32-20-/t26-/m1/s1. The molecule has 3 aromatic rings. The number of amides is 2. The first-order valence-corrected chi connectivity index (χ1v) is 13.4. The van der Waals surface area contributed by atoms with Crippen molar-refractivity contribution in [2.24, 2.45) is 10.1 Å². The molecule has 1 fully saturated rings. The fourth-order valence-corrected chi connectivity index (χ4v) is 5.06. The summed E-state index contributed by atoms with van der Waals surface area (Å²) >= 11 is 1.15. The Kier molecular flexibility index (Phi) is 8.64. The molecule has 1 atom stereocenters. The molecule has 11 heteroatoms. The van der Waals surface area contributed by atoms with Gasteiger partial charge in [0.05, 0.1) is 29.1 Å². The number of anilines is 1. The van der Waals surface area contributed by atoms with Crippen LogP contribution in [0.5, 0.6) is 5.75 Å². The molecule has 40 heavy (non-hydrogen) atoms. The van der Waals surface area contributed by atoms with E-state index in [9.17, 15) is 19.7 Å². The molecular weight excluding hydrogens is 530 g/mol. The minimum absolute atomic E-state index is 0.145. The molecule has 0 spiro atoms. The van der Waals surface area contributed by atoms with E-state index in [4.69, 9.17) is 9.73 Å². The third-order valence-corrected chi connectivity index (χ3v) is 7.59. The second-order valence-corrected chi connectivity index (χ2v) is 10.5. The van der Waals surface area contributed by atoms with Crippen LogP contribution in [-0.4, -0.2) is 45.0 Å². The van der Waals surface area contributed by atoms with Gasteiger partial charge in [0, 0.05) is 18.6 Å². The average molecular weight is 560 g/mol. The number of amidine groups is 1. The Bertz CT molecular complexity index is 1530. The lowest BCUT2D eigenvalue weighted by Crippen LogP contribution is -2.30. The topological polar surface area (TPSA) is 126 Å². The molecule has 3 aromatic carbocycles. The summed E-state index contributed by atoms with van der Waals surface area (Å²) in [6.45, 7) is 7.74. The second-order valence-electron chi connectivity index (χ2n) is 9.32. The van der Waals surface area contributed by atoms with Gasteiger partial charge in [-0.1, -0.05) is 53.7 Å². The highest BCUT2D eigenvalue weighted by Crippen LogP contribution is 2.35. The first-order chi connectivity index (χ1) is 19.1. The van der Waals surface area contributed by atoms with Crippen molar-refractivity contribution in [1.29, 1.82) is 0 Å². The van der Waals surface area contributed by atoms with Crippen LogP contribution in [-0.2, 0) is 9.59 Å². The molecule has 1 saturated heterocycles. The van der Waals surface area contributed by atoms with Crippen molar-refractivity contribution >= 4 is 51.5 Å². The Morgan fingerprint density at radius 3 is 2.52 bits per heavy atom. The minimum atomic E-state index is -0.803. The molecule has 0 saturated carbocycles. The SMILES string of the molecule is COc1ccc([N+](=O)[O-])cc1NC(=O)C[C@H]1SC(=Nc2cccc(C)c2C)N(/N=C(/C)c2ccc(C)cc2)C1=O. The smallest absolute Gasteiger partial charge is 0.271 e. The highest BCUT2D eigenvalue weighted by Gasteiger charge is 2.40. The largest absolute Gasteiger partial charge is 0.495 e. The van der Waals surface area contributed by atoms with E-state index in [0.29, 0.717) is 16.6 Å².